The Morgan fingerprint density at radius 3 is 3.04 bits per heavy atom. The summed E-state index contributed by atoms with van der Waals surface area (Å²) in [6.45, 7) is 1.99. The van der Waals surface area contributed by atoms with Crippen LogP contribution >= 0.6 is 22.7 Å². The third-order valence-corrected chi connectivity index (χ3v) is 6.04. The molecule has 0 aromatic carbocycles. The molecule has 2 heterocycles. The first-order valence-electron chi connectivity index (χ1n) is 8.51. The largest absolute Gasteiger partial charge is 0.508 e. The number of carbonyl (C=O) groups excluding carboxylic acids is 2. The average Bonchev–Trinajstić information content (AvgIpc) is 3.26. The number of anilines is 1. The van der Waals surface area contributed by atoms with Crippen LogP contribution in [-0.2, 0) is 27.1 Å². The number of carbonyl (C=O) groups is 2. The first kappa shape index (κ1) is 19.1. The van der Waals surface area contributed by atoms with Crippen molar-refractivity contribution in [2.45, 2.75) is 32.3 Å². The number of hydrogen-bond acceptors (Lipinski definition) is 7. The van der Waals surface area contributed by atoms with Crippen molar-refractivity contribution in [3.63, 3.8) is 0 Å². The van der Waals surface area contributed by atoms with Crippen molar-refractivity contribution >= 4 is 45.8 Å². The maximum absolute atomic E-state index is 12.2. The molecule has 2 aromatic rings. The van der Waals surface area contributed by atoms with Crippen LogP contribution in [0.4, 0.5) is 9.80 Å². The van der Waals surface area contributed by atoms with Gasteiger partial charge in [0.2, 0.25) is 5.91 Å². The molecule has 140 valence electrons. The highest BCUT2D eigenvalue weighted by atomic mass is 32.1. The number of ether oxygens (including phenoxy) is 2. The Morgan fingerprint density at radius 2 is 2.33 bits per heavy atom. The molecule has 1 N–H and O–H groups in total. The molecule has 6 nitrogen and oxygen atoms in total. The lowest BCUT2D eigenvalue weighted by atomic mass is 9.94. The lowest BCUT2D eigenvalue weighted by Gasteiger charge is -2.21. The third kappa shape index (κ3) is 4.76. The Labute approximate surface area is 165 Å². The molecule has 1 atom stereocenters. The topological polar surface area (TPSA) is 88.4 Å². The number of amides is 1. The number of rotatable bonds is 5. The van der Waals surface area contributed by atoms with Gasteiger partial charge in [0.1, 0.15) is 17.2 Å². The van der Waals surface area contributed by atoms with E-state index >= 15 is 0 Å². The molecule has 0 spiro atoms. The van der Waals surface area contributed by atoms with Crippen LogP contribution in [0.2, 0.25) is 0 Å². The van der Waals surface area contributed by atoms with E-state index in [1.807, 2.05) is 17.5 Å². The number of nitriles is 1. The van der Waals surface area contributed by atoms with Gasteiger partial charge in [0.05, 0.1) is 12.2 Å². The molecular weight excluding hydrogens is 384 g/mol. The highest BCUT2D eigenvalue weighted by Gasteiger charge is 2.28. The minimum atomic E-state index is -0.671. The lowest BCUT2D eigenvalue weighted by Crippen LogP contribution is -2.25. The number of nitrogens with zero attached hydrogens (tertiary/aromatic N) is 1. The van der Waals surface area contributed by atoms with Gasteiger partial charge in [-0.15, -0.1) is 22.7 Å². The van der Waals surface area contributed by atoms with Crippen molar-refractivity contribution in [1.82, 2.24) is 0 Å². The van der Waals surface area contributed by atoms with E-state index in [1.165, 1.54) is 17.4 Å². The van der Waals surface area contributed by atoms with Gasteiger partial charge in [0.15, 0.2) is 0 Å². The van der Waals surface area contributed by atoms with Crippen molar-refractivity contribution in [3.05, 3.63) is 44.5 Å². The van der Waals surface area contributed by atoms with E-state index in [0.717, 1.165) is 15.3 Å². The summed E-state index contributed by atoms with van der Waals surface area (Å²) in [4.78, 5) is 25.6. The van der Waals surface area contributed by atoms with Gasteiger partial charge in [0.25, 0.3) is 0 Å². The summed E-state index contributed by atoms with van der Waals surface area (Å²) in [6, 6.07) is 6.03. The van der Waals surface area contributed by atoms with Crippen LogP contribution in [-0.4, -0.2) is 24.8 Å². The average molecular weight is 402 g/mol. The maximum Gasteiger partial charge on any atom is 0.508 e. The lowest BCUT2D eigenvalue weighted by molar-refractivity contribution is -0.111. The Balaban J connectivity index is 1.69. The van der Waals surface area contributed by atoms with E-state index in [1.54, 1.807) is 24.3 Å². The van der Waals surface area contributed by atoms with Gasteiger partial charge in [-0.1, -0.05) is 6.07 Å². The van der Waals surface area contributed by atoms with Gasteiger partial charge in [-0.2, -0.15) is 5.26 Å². The Hall–Kier alpha value is -2.63. The van der Waals surface area contributed by atoms with Crippen molar-refractivity contribution in [1.29, 1.82) is 5.26 Å². The molecule has 1 amide bonds. The van der Waals surface area contributed by atoms with Gasteiger partial charge in [-0.05, 0) is 42.9 Å². The van der Waals surface area contributed by atoms with Crippen molar-refractivity contribution in [3.8, 4) is 6.07 Å². The molecule has 0 aliphatic heterocycles. The fourth-order valence-electron chi connectivity index (χ4n) is 2.85. The summed E-state index contributed by atoms with van der Waals surface area (Å²) in [5.74, 6) is -0.280. The van der Waals surface area contributed by atoms with Gasteiger partial charge >= 0.3 is 6.16 Å². The summed E-state index contributed by atoms with van der Waals surface area (Å²) in [7, 11) is 0. The summed E-state index contributed by atoms with van der Waals surface area (Å²) in [6.07, 6.45) is 4.03. The molecule has 1 aliphatic carbocycles. The van der Waals surface area contributed by atoms with E-state index < -0.39 is 6.16 Å². The molecule has 0 bridgehead atoms. The van der Waals surface area contributed by atoms with Crippen molar-refractivity contribution in [2.24, 2.45) is 0 Å². The Bertz CT molecular complexity index is 894. The van der Waals surface area contributed by atoms with Gasteiger partial charge in [0, 0.05) is 22.3 Å². The van der Waals surface area contributed by atoms with Crippen LogP contribution in [0.5, 0.6) is 0 Å². The maximum atomic E-state index is 12.2. The summed E-state index contributed by atoms with van der Waals surface area (Å²) in [5, 5.41) is 14.8. The van der Waals surface area contributed by atoms with Crippen LogP contribution in [0.15, 0.2) is 23.6 Å². The zero-order valence-electron chi connectivity index (χ0n) is 14.7. The van der Waals surface area contributed by atoms with E-state index in [4.69, 9.17) is 9.47 Å². The molecular formula is C19H18N2O4S2. The number of hydrogen-bond donors (Lipinski definition) is 1. The SMILES string of the molecule is CCOC(=O)OC1CCc2c(sc(NC(=O)/C=C/c3cccs3)c2C#N)C1. The van der Waals surface area contributed by atoms with Crippen LogP contribution in [0, 0.1) is 11.3 Å². The number of nitrogens with one attached hydrogen (secondary N) is 1. The Kier molecular flexibility index (Phi) is 6.27. The fraction of sp³-hybridized carbons (Fsp3) is 0.316. The van der Waals surface area contributed by atoms with Crippen LogP contribution < -0.4 is 5.32 Å². The molecule has 3 rings (SSSR count). The quantitative estimate of drug-likeness (QED) is 0.593. The van der Waals surface area contributed by atoms with E-state index in [0.29, 0.717) is 29.8 Å². The standard InChI is InChI=1S/C19H18N2O4S2/c1-2-24-19(23)25-12-5-7-14-15(11-20)18(27-16(14)10-12)21-17(22)8-6-13-4-3-9-26-13/h3-4,6,8-9,12H,2,5,7,10H2,1H3,(H,21,22)/b8-6+. The second kappa shape index (κ2) is 8.84. The fourth-order valence-corrected chi connectivity index (χ4v) is 4.73. The first-order chi connectivity index (χ1) is 13.1. The van der Waals surface area contributed by atoms with Crippen molar-refractivity contribution < 1.29 is 19.1 Å². The van der Waals surface area contributed by atoms with E-state index in [-0.39, 0.29) is 18.6 Å². The molecule has 0 fully saturated rings. The van der Waals surface area contributed by atoms with Crippen LogP contribution in [0.25, 0.3) is 6.08 Å². The molecule has 0 saturated heterocycles. The molecule has 8 heteroatoms. The predicted octanol–water partition coefficient (Wildman–Crippen LogP) is 4.36. The van der Waals surface area contributed by atoms with Crippen LogP contribution in [0.1, 0.15) is 34.2 Å². The van der Waals surface area contributed by atoms with Crippen molar-refractivity contribution in [2.75, 3.05) is 11.9 Å². The summed E-state index contributed by atoms with van der Waals surface area (Å²) >= 11 is 2.91. The highest BCUT2D eigenvalue weighted by molar-refractivity contribution is 7.16. The summed E-state index contributed by atoms with van der Waals surface area (Å²) < 4.78 is 10.1. The molecule has 0 radical (unpaired) electrons. The molecule has 1 unspecified atom stereocenters. The summed E-state index contributed by atoms with van der Waals surface area (Å²) in [5.41, 5.74) is 1.44. The van der Waals surface area contributed by atoms with Crippen LogP contribution in [0.3, 0.4) is 0 Å². The normalized spacial score (nSPS) is 15.8. The van der Waals surface area contributed by atoms with Gasteiger partial charge in [-0.3, -0.25) is 4.79 Å². The Morgan fingerprint density at radius 1 is 1.48 bits per heavy atom. The second-order valence-corrected chi connectivity index (χ2v) is 7.91. The highest BCUT2D eigenvalue weighted by Crippen LogP contribution is 2.38. The number of thiophene rings is 2. The minimum Gasteiger partial charge on any atom is -0.435 e. The first-order valence-corrected chi connectivity index (χ1v) is 10.2. The monoisotopic (exact) mass is 402 g/mol. The zero-order valence-corrected chi connectivity index (χ0v) is 16.3. The predicted molar refractivity (Wildman–Crippen MR) is 105 cm³/mol. The zero-order chi connectivity index (χ0) is 19.2. The minimum absolute atomic E-state index is 0.267. The molecule has 2 aromatic heterocycles. The molecule has 27 heavy (non-hydrogen) atoms. The second-order valence-electron chi connectivity index (χ2n) is 5.82. The van der Waals surface area contributed by atoms with Gasteiger partial charge in [-0.25, -0.2) is 4.79 Å². The van der Waals surface area contributed by atoms with Gasteiger partial charge < -0.3 is 14.8 Å². The molecule has 0 saturated carbocycles. The third-order valence-electron chi connectivity index (χ3n) is 4.04. The number of fused-ring (bicyclic) bond motifs is 1. The van der Waals surface area contributed by atoms with E-state index in [2.05, 4.69) is 11.4 Å². The molecule has 1 aliphatic rings. The van der Waals surface area contributed by atoms with E-state index in [9.17, 15) is 14.9 Å². The smallest absolute Gasteiger partial charge is 0.435 e.